The minimum absolute atomic E-state index is 0.778. The molecular weight excluding hydrogens is 250 g/mol. The summed E-state index contributed by atoms with van der Waals surface area (Å²) in [4.78, 5) is 8.32. The van der Waals surface area contributed by atoms with Crippen LogP contribution >= 0.6 is 0 Å². The molecule has 5 heteroatoms. The summed E-state index contributed by atoms with van der Waals surface area (Å²) in [5, 5.41) is 7.57. The Balaban J connectivity index is 1.39. The maximum absolute atomic E-state index is 4.40. The van der Waals surface area contributed by atoms with Gasteiger partial charge in [-0.15, -0.1) is 0 Å². The average molecular weight is 267 g/mol. The molecule has 2 aliphatic carbocycles. The zero-order valence-electron chi connectivity index (χ0n) is 11.2. The van der Waals surface area contributed by atoms with E-state index in [0.29, 0.717) is 0 Å². The van der Waals surface area contributed by atoms with Crippen molar-refractivity contribution in [3.63, 3.8) is 0 Å². The minimum Gasteiger partial charge on any atom is -0.383 e. The summed E-state index contributed by atoms with van der Waals surface area (Å²) in [7, 11) is 0. The van der Waals surface area contributed by atoms with Crippen molar-refractivity contribution in [3.05, 3.63) is 43.1 Å². The van der Waals surface area contributed by atoms with Gasteiger partial charge in [0.2, 0.25) is 0 Å². The molecular formula is C15H17N5. The average Bonchev–Trinajstić information content (AvgIpc) is 3.22. The molecule has 5 nitrogen and oxygen atoms in total. The van der Waals surface area contributed by atoms with Crippen LogP contribution in [0.5, 0.6) is 0 Å². The second kappa shape index (κ2) is 4.74. The number of hydrogen-bond acceptors (Lipinski definition) is 4. The number of hydrogen-bond donors (Lipinski definition) is 1. The standard InChI is InChI=1S/C15H17N5/c1-2-12-5-11(1)6-13(12)7-17-14-3-4-15(18-8-14)20-10-16-9-19-20/h1-4,8-13,17H,5-7H2. The Bertz CT molecular complexity index is 602. The highest BCUT2D eigenvalue weighted by atomic mass is 15.3. The highest BCUT2D eigenvalue weighted by Gasteiger charge is 2.35. The quantitative estimate of drug-likeness (QED) is 0.863. The smallest absolute Gasteiger partial charge is 0.155 e. The van der Waals surface area contributed by atoms with E-state index in [0.717, 1.165) is 35.8 Å². The van der Waals surface area contributed by atoms with Gasteiger partial charge in [-0.25, -0.2) is 14.6 Å². The normalized spacial score (nSPS) is 27.1. The van der Waals surface area contributed by atoms with Gasteiger partial charge in [0, 0.05) is 6.54 Å². The van der Waals surface area contributed by atoms with Gasteiger partial charge in [-0.1, -0.05) is 12.2 Å². The van der Waals surface area contributed by atoms with E-state index in [-0.39, 0.29) is 0 Å². The zero-order chi connectivity index (χ0) is 13.4. The fourth-order valence-electron chi connectivity index (χ4n) is 3.33. The lowest BCUT2D eigenvalue weighted by atomic mass is 9.93. The lowest BCUT2D eigenvalue weighted by molar-refractivity contribution is 0.472. The first kappa shape index (κ1) is 11.6. The predicted molar refractivity (Wildman–Crippen MR) is 76.5 cm³/mol. The molecule has 2 aromatic rings. The van der Waals surface area contributed by atoms with Crippen LogP contribution in [0, 0.1) is 17.8 Å². The minimum atomic E-state index is 0.778. The van der Waals surface area contributed by atoms with Crippen molar-refractivity contribution in [2.24, 2.45) is 17.8 Å². The van der Waals surface area contributed by atoms with Gasteiger partial charge >= 0.3 is 0 Å². The number of pyridine rings is 1. The number of fused-ring (bicyclic) bond motifs is 2. The van der Waals surface area contributed by atoms with Crippen LogP contribution in [0.15, 0.2) is 43.1 Å². The molecule has 20 heavy (non-hydrogen) atoms. The molecule has 0 spiro atoms. The van der Waals surface area contributed by atoms with Crippen LogP contribution < -0.4 is 5.32 Å². The van der Waals surface area contributed by atoms with Crippen LogP contribution in [0.4, 0.5) is 5.69 Å². The Labute approximate surface area is 117 Å². The third kappa shape index (κ3) is 2.09. The van der Waals surface area contributed by atoms with E-state index in [1.165, 1.54) is 19.2 Å². The highest BCUT2D eigenvalue weighted by molar-refractivity contribution is 5.43. The highest BCUT2D eigenvalue weighted by Crippen LogP contribution is 2.43. The molecule has 3 unspecified atom stereocenters. The Morgan fingerprint density at radius 3 is 2.90 bits per heavy atom. The molecule has 2 heterocycles. The third-order valence-corrected chi connectivity index (χ3v) is 4.39. The number of anilines is 1. The van der Waals surface area contributed by atoms with Gasteiger partial charge in [0.25, 0.3) is 0 Å². The van der Waals surface area contributed by atoms with E-state index in [1.807, 2.05) is 18.3 Å². The first-order chi connectivity index (χ1) is 9.88. The van der Waals surface area contributed by atoms with Crippen LogP contribution in [-0.4, -0.2) is 26.3 Å². The fourth-order valence-corrected chi connectivity index (χ4v) is 3.33. The van der Waals surface area contributed by atoms with Crippen molar-refractivity contribution in [1.29, 1.82) is 0 Å². The summed E-state index contributed by atoms with van der Waals surface area (Å²) >= 11 is 0. The van der Waals surface area contributed by atoms with Crippen molar-refractivity contribution in [1.82, 2.24) is 19.7 Å². The molecule has 2 bridgehead atoms. The van der Waals surface area contributed by atoms with Crippen LogP contribution in [0.3, 0.4) is 0 Å². The van der Waals surface area contributed by atoms with Crippen molar-refractivity contribution >= 4 is 5.69 Å². The number of nitrogens with one attached hydrogen (secondary N) is 1. The first-order valence-corrected chi connectivity index (χ1v) is 7.12. The second-order valence-corrected chi connectivity index (χ2v) is 5.67. The van der Waals surface area contributed by atoms with Crippen molar-refractivity contribution in [2.45, 2.75) is 12.8 Å². The van der Waals surface area contributed by atoms with Gasteiger partial charge in [0.15, 0.2) is 5.82 Å². The van der Waals surface area contributed by atoms with E-state index in [2.05, 4.69) is 32.5 Å². The fraction of sp³-hybridized carbons (Fsp3) is 0.400. The lowest BCUT2D eigenvalue weighted by Crippen LogP contribution is -2.18. The van der Waals surface area contributed by atoms with Gasteiger partial charge in [0.1, 0.15) is 12.7 Å². The van der Waals surface area contributed by atoms with Crippen LogP contribution in [0.25, 0.3) is 5.82 Å². The monoisotopic (exact) mass is 267 g/mol. The van der Waals surface area contributed by atoms with Gasteiger partial charge in [-0.05, 0) is 42.7 Å². The van der Waals surface area contributed by atoms with Crippen LogP contribution in [-0.2, 0) is 0 Å². The summed E-state index contributed by atoms with van der Waals surface area (Å²) in [5.41, 5.74) is 1.07. The Kier molecular flexibility index (Phi) is 2.76. The molecule has 1 saturated carbocycles. The van der Waals surface area contributed by atoms with E-state index in [1.54, 1.807) is 11.0 Å². The molecule has 2 aliphatic rings. The van der Waals surface area contributed by atoms with Gasteiger partial charge in [-0.3, -0.25) is 0 Å². The first-order valence-electron chi connectivity index (χ1n) is 7.12. The number of aromatic nitrogens is 4. The molecule has 3 atom stereocenters. The Hall–Kier alpha value is -2.17. The van der Waals surface area contributed by atoms with Crippen molar-refractivity contribution < 1.29 is 0 Å². The Morgan fingerprint density at radius 1 is 1.25 bits per heavy atom. The molecule has 0 aliphatic heterocycles. The summed E-state index contributed by atoms with van der Waals surface area (Å²) < 4.78 is 1.66. The van der Waals surface area contributed by atoms with E-state index in [9.17, 15) is 0 Å². The Morgan fingerprint density at radius 2 is 2.25 bits per heavy atom. The number of rotatable bonds is 4. The molecule has 1 fully saturated rings. The molecule has 0 aromatic carbocycles. The van der Waals surface area contributed by atoms with E-state index < -0.39 is 0 Å². The van der Waals surface area contributed by atoms with Gasteiger partial charge in [0.05, 0.1) is 11.9 Å². The SMILES string of the molecule is C1=CC2CC1CC2CNc1ccc(-n2cncn2)nc1. The molecule has 102 valence electrons. The number of nitrogens with zero attached hydrogens (tertiary/aromatic N) is 4. The summed E-state index contributed by atoms with van der Waals surface area (Å²) in [5.74, 6) is 3.19. The van der Waals surface area contributed by atoms with Crippen LogP contribution in [0.2, 0.25) is 0 Å². The molecule has 0 amide bonds. The maximum Gasteiger partial charge on any atom is 0.155 e. The van der Waals surface area contributed by atoms with E-state index >= 15 is 0 Å². The molecule has 4 rings (SSSR count). The zero-order valence-corrected chi connectivity index (χ0v) is 11.2. The molecule has 2 aromatic heterocycles. The van der Waals surface area contributed by atoms with Gasteiger partial charge in [-0.2, -0.15) is 5.10 Å². The summed E-state index contributed by atoms with van der Waals surface area (Å²) in [6.45, 7) is 1.04. The predicted octanol–water partition coefficient (Wildman–Crippen LogP) is 2.29. The van der Waals surface area contributed by atoms with E-state index in [4.69, 9.17) is 0 Å². The second-order valence-electron chi connectivity index (χ2n) is 5.67. The summed E-state index contributed by atoms with van der Waals surface area (Å²) in [6.07, 6.45) is 12.5. The van der Waals surface area contributed by atoms with Crippen LogP contribution in [0.1, 0.15) is 12.8 Å². The van der Waals surface area contributed by atoms with Crippen molar-refractivity contribution in [3.8, 4) is 5.82 Å². The summed E-state index contributed by atoms with van der Waals surface area (Å²) in [6, 6.07) is 4.00. The number of allylic oxidation sites excluding steroid dienone is 2. The van der Waals surface area contributed by atoms with Crippen molar-refractivity contribution in [2.75, 3.05) is 11.9 Å². The van der Waals surface area contributed by atoms with Gasteiger partial charge < -0.3 is 5.32 Å². The maximum atomic E-state index is 4.40. The molecule has 0 saturated heterocycles. The topological polar surface area (TPSA) is 55.6 Å². The largest absolute Gasteiger partial charge is 0.383 e. The molecule has 1 N–H and O–H groups in total. The third-order valence-electron chi connectivity index (χ3n) is 4.39. The lowest BCUT2D eigenvalue weighted by Gasteiger charge is -2.19. The molecule has 0 radical (unpaired) electrons.